The average molecular weight is 334 g/mol. The van der Waals surface area contributed by atoms with Gasteiger partial charge in [-0.2, -0.15) is 8.42 Å². The van der Waals surface area contributed by atoms with Crippen molar-refractivity contribution in [3.8, 4) is 11.3 Å². The van der Waals surface area contributed by atoms with Crippen LogP contribution in [0.15, 0.2) is 24.3 Å². The molecule has 2 aromatic rings. The van der Waals surface area contributed by atoms with Gasteiger partial charge >= 0.3 is 10.1 Å². The van der Waals surface area contributed by atoms with Crippen LogP contribution < -0.4 is 4.28 Å². The smallest absolute Gasteiger partial charge is 0.286 e. The van der Waals surface area contributed by atoms with Crippen molar-refractivity contribution in [2.24, 2.45) is 0 Å². The van der Waals surface area contributed by atoms with Gasteiger partial charge in [-0.25, -0.2) is 4.98 Å². The van der Waals surface area contributed by atoms with E-state index >= 15 is 0 Å². The molecule has 1 aliphatic carbocycles. The topological polar surface area (TPSA) is 95.3 Å². The van der Waals surface area contributed by atoms with Gasteiger partial charge in [0.05, 0.1) is 6.26 Å². The van der Waals surface area contributed by atoms with Crippen LogP contribution in [-0.4, -0.2) is 36.0 Å². The maximum absolute atomic E-state index is 12.4. The first-order valence-corrected chi connectivity index (χ1v) is 8.73. The van der Waals surface area contributed by atoms with Crippen molar-refractivity contribution in [1.82, 2.24) is 9.71 Å². The maximum Gasteiger partial charge on any atom is 0.324 e. The van der Waals surface area contributed by atoms with Gasteiger partial charge in [0.1, 0.15) is 5.69 Å². The zero-order chi connectivity index (χ0) is 16.9. The van der Waals surface area contributed by atoms with E-state index in [9.17, 15) is 18.0 Å². The highest BCUT2D eigenvalue weighted by Crippen LogP contribution is 2.34. The molecule has 0 radical (unpaired) electrons. The second-order valence-corrected chi connectivity index (χ2v) is 7.16. The van der Waals surface area contributed by atoms with Gasteiger partial charge in [-0.05, 0) is 0 Å². The molecule has 120 valence electrons. The van der Waals surface area contributed by atoms with Crippen LogP contribution in [0.5, 0.6) is 0 Å². The molecule has 1 aliphatic rings. The highest BCUT2D eigenvalue weighted by molar-refractivity contribution is 7.86. The lowest BCUT2D eigenvalue weighted by molar-refractivity contribution is 0.0799. The van der Waals surface area contributed by atoms with E-state index < -0.39 is 21.7 Å². The van der Waals surface area contributed by atoms with Crippen molar-refractivity contribution in [3.63, 3.8) is 0 Å². The quantitative estimate of drug-likeness (QED) is 0.788. The Morgan fingerprint density at radius 1 is 1.09 bits per heavy atom. The predicted octanol–water partition coefficient (Wildman–Crippen LogP) is 1.44. The molecule has 0 spiro atoms. The van der Waals surface area contributed by atoms with E-state index in [1.54, 1.807) is 38.1 Å². The molecule has 0 atom stereocenters. The van der Waals surface area contributed by atoms with E-state index in [-0.39, 0.29) is 28.7 Å². The number of hydrogen-bond donors (Lipinski definition) is 0. The van der Waals surface area contributed by atoms with Crippen molar-refractivity contribution in [1.29, 1.82) is 0 Å². The fraction of sp³-hybridized carbons (Fsp3) is 0.267. The molecule has 1 heterocycles. The van der Waals surface area contributed by atoms with E-state index in [1.165, 1.54) is 0 Å². The van der Waals surface area contributed by atoms with E-state index in [1.807, 2.05) is 0 Å². The van der Waals surface area contributed by atoms with Crippen molar-refractivity contribution in [2.45, 2.75) is 19.8 Å². The Morgan fingerprint density at radius 2 is 1.70 bits per heavy atom. The number of ketones is 2. The number of nitrogens with zero attached hydrogens (tertiary/aromatic N) is 2. The summed E-state index contributed by atoms with van der Waals surface area (Å²) in [7, 11) is -3.90. The first-order chi connectivity index (χ1) is 10.7. The summed E-state index contributed by atoms with van der Waals surface area (Å²) in [4.78, 5) is 29.1. The van der Waals surface area contributed by atoms with Crippen molar-refractivity contribution in [3.05, 3.63) is 41.3 Å². The Kier molecular flexibility index (Phi) is 3.36. The lowest BCUT2D eigenvalue weighted by atomic mass is 9.90. The minimum atomic E-state index is -3.90. The number of imidazole rings is 1. The van der Waals surface area contributed by atoms with Crippen LogP contribution in [-0.2, 0) is 10.1 Å². The van der Waals surface area contributed by atoms with Crippen LogP contribution in [0.1, 0.15) is 46.4 Å². The first kappa shape index (κ1) is 15.4. The Balaban J connectivity index is 2.36. The average Bonchev–Trinajstić information content (AvgIpc) is 2.82. The summed E-state index contributed by atoms with van der Waals surface area (Å²) >= 11 is 0. The van der Waals surface area contributed by atoms with Gasteiger partial charge in [-0.3, -0.25) is 13.9 Å². The molecule has 7 nitrogen and oxygen atoms in total. The van der Waals surface area contributed by atoms with Gasteiger partial charge in [0.25, 0.3) is 5.78 Å². The van der Waals surface area contributed by atoms with E-state index in [0.717, 1.165) is 11.0 Å². The first-order valence-electron chi connectivity index (χ1n) is 6.91. The van der Waals surface area contributed by atoms with Crippen LogP contribution in [0, 0.1) is 0 Å². The highest BCUT2D eigenvalue weighted by Gasteiger charge is 2.38. The number of carbonyl (C=O) groups is 2. The summed E-state index contributed by atoms with van der Waals surface area (Å²) in [5.74, 6) is -1.49. The summed E-state index contributed by atoms with van der Waals surface area (Å²) in [6.45, 7) is 3.57. The molecule has 0 saturated heterocycles. The number of Topliss-reactive ketones (excluding diaryl/α,β-unsaturated/α-hetero) is 2. The zero-order valence-corrected chi connectivity index (χ0v) is 13.5. The van der Waals surface area contributed by atoms with Gasteiger partial charge in [0, 0.05) is 17.0 Å². The number of fused-ring (bicyclic) bond motifs is 3. The predicted molar refractivity (Wildman–Crippen MR) is 81.8 cm³/mol. The molecule has 0 amide bonds. The lowest BCUT2D eigenvalue weighted by Gasteiger charge is -2.15. The molecule has 1 aromatic carbocycles. The van der Waals surface area contributed by atoms with E-state index in [2.05, 4.69) is 4.98 Å². The molecule has 0 saturated carbocycles. The third-order valence-electron chi connectivity index (χ3n) is 3.44. The van der Waals surface area contributed by atoms with Gasteiger partial charge in [0.15, 0.2) is 11.5 Å². The zero-order valence-electron chi connectivity index (χ0n) is 12.7. The van der Waals surface area contributed by atoms with Crippen LogP contribution in [0.2, 0.25) is 0 Å². The summed E-state index contributed by atoms with van der Waals surface area (Å²) in [5, 5.41) is 0. The summed E-state index contributed by atoms with van der Waals surface area (Å²) in [6, 6.07) is 6.59. The van der Waals surface area contributed by atoms with Crippen LogP contribution in [0.25, 0.3) is 11.3 Å². The van der Waals surface area contributed by atoms with Gasteiger partial charge in [0.2, 0.25) is 5.78 Å². The standard InChI is InChI=1S/C15H14N2O5S/c1-8(2)15-16-11-9-6-4-5-7-10(9)13(18)14(19)12(11)17(15)22-23(3,20)21/h4-8H,1-3H3. The lowest BCUT2D eigenvalue weighted by Crippen LogP contribution is -2.29. The van der Waals surface area contributed by atoms with Crippen molar-refractivity contribution < 1.29 is 22.3 Å². The SMILES string of the molecule is CC(C)c1nc2c(n1OS(C)(=O)=O)C(=O)C(=O)c1ccccc1-2. The molecule has 0 bridgehead atoms. The molecule has 3 rings (SSSR count). The van der Waals surface area contributed by atoms with E-state index in [4.69, 9.17) is 4.28 Å². The Morgan fingerprint density at radius 3 is 2.26 bits per heavy atom. The van der Waals surface area contributed by atoms with E-state index in [0.29, 0.717) is 5.56 Å². The molecule has 0 unspecified atom stereocenters. The molecule has 0 N–H and O–H groups in total. The fourth-order valence-electron chi connectivity index (χ4n) is 2.50. The Bertz CT molecular complexity index is 941. The van der Waals surface area contributed by atoms with Crippen molar-refractivity contribution >= 4 is 21.7 Å². The molecular weight excluding hydrogens is 320 g/mol. The Hall–Kier alpha value is -2.48. The highest BCUT2D eigenvalue weighted by atomic mass is 32.2. The van der Waals surface area contributed by atoms with Gasteiger partial charge < -0.3 is 0 Å². The number of carbonyl (C=O) groups excluding carboxylic acids is 2. The second kappa shape index (κ2) is 5.02. The summed E-state index contributed by atoms with van der Waals surface area (Å²) in [5.41, 5.74) is 0.856. The Labute approximate surface area is 133 Å². The minimum absolute atomic E-state index is 0.150. The summed E-state index contributed by atoms with van der Waals surface area (Å²) < 4.78 is 28.8. The van der Waals surface area contributed by atoms with Crippen LogP contribution in [0.4, 0.5) is 0 Å². The number of aromatic nitrogens is 2. The third-order valence-corrected chi connectivity index (χ3v) is 3.86. The molecule has 23 heavy (non-hydrogen) atoms. The molecule has 8 heteroatoms. The summed E-state index contributed by atoms with van der Waals surface area (Å²) in [6.07, 6.45) is 0.868. The largest absolute Gasteiger partial charge is 0.324 e. The fourth-order valence-corrected chi connectivity index (χ4v) is 2.92. The molecular formula is C15H14N2O5S. The third kappa shape index (κ3) is 2.44. The number of rotatable bonds is 3. The van der Waals surface area contributed by atoms with Gasteiger partial charge in [-0.1, -0.05) is 38.1 Å². The molecule has 0 aliphatic heterocycles. The second-order valence-electron chi connectivity index (χ2n) is 5.60. The minimum Gasteiger partial charge on any atom is -0.286 e. The van der Waals surface area contributed by atoms with Crippen LogP contribution in [0.3, 0.4) is 0 Å². The number of benzene rings is 1. The van der Waals surface area contributed by atoms with Gasteiger partial charge in [-0.15, -0.1) is 4.73 Å². The van der Waals surface area contributed by atoms with Crippen molar-refractivity contribution in [2.75, 3.05) is 6.26 Å². The number of hydrogen-bond acceptors (Lipinski definition) is 6. The normalized spacial score (nSPS) is 13.9. The van der Waals surface area contributed by atoms with Crippen LogP contribution >= 0.6 is 0 Å². The maximum atomic E-state index is 12.4. The monoisotopic (exact) mass is 334 g/mol. The molecule has 1 aromatic heterocycles. The molecule has 0 fully saturated rings.